The average Bonchev–Trinajstić information content (AvgIpc) is 2.40. The van der Waals surface area contributed by atoms with E-state index in [1.54, 1.807) is 0 Å². The fraction of sp³-hybridized carbons (Fsp3) is 0.250. The molecule has 0 aliphatic heterocycles. The highest BCUT2D eigenvalue weighted by Crippen LogP contribution is 2.31. The number of carbonyl (C=O) groups excluding carboxylic acids is 1. The van der Waals surface area contributed by atoms with Gasteiger partial charge >= 0.3 is 0 Å². The summed E-state index contributed by atoms with van der Waals surface area (Å²) < 4.78 is 5.82. The van der Waals surface area contributed by atoms with Crippen LogP contribution in [0.1, 0.15) is 41.3 Å². The lowest BCUT2D eigenvalue weighted by Crippen LogP contribution is -2.14. The van der Waals surface area contributed by atoms with Gasteiger partial charge in [0, 0.05) is 6.07 Å². The molecular formula is C16H19N3O2. The summed E-state index contributed by atoms with van der Waals surface area (Å²) in [5.74, 6) is 0.723. The summed E-state index contributed by atoms with van der Waals surface area (Å²) in [6.07, 6.45) is 1.38. The van der Waals surface area contributed by atoms with Crippen molar-refractivity contribution in [2.75, 3.05) is 5.73 Å². The fourth-order valence-corrected chi connectivity index (χ4v) is 2.04. The number of rotatable bonds is 4. The van der Waals surface area contributed by atoms with Crippen molar-refractivity contribution in [3.8, 4) is 11.6 Å². The molecule has 0 unspecified atom stereocenters. The van der Waals surface area contributed by atoms with Gasteiger partial charge in [-0.15, -0.1) is 0 Å². The van der Waals surface area contributed by atoms with Gasteiger partial charge in [0.2, 0.25) is 5.88 Å². The van der Waals surface area contributed by atoms with E-state index in [2.05, 4.69) is 18.8 Å². The van der Waals surface area contributed by atoms with Crippen LogP contribution in [-0.4, -0.2) is 10.9 Å². The Bertz CT molecular complexity index is 681. The summed E-state index contributed by atoms with van der Waals surface area (Å²) in [6.45, 7) is 6.16. The van der Waals surface area contributed by atoms with Crippen LogP contribution in [0.25, 0.3) is 0 Å². The van der Waals surface area contributed by atoms with E-state index in [1.807, 2.05) is 25.1 Å². The van der Waals surface area contributed by atoms with Crippen molar-refractivity contribution in [3.63, 3.8) is 0 Å². The fourth-order valence-electron chi connectivity index (χ4n) is 2.04. The molecular weight excluding hydrogens is 266 g/mol. The number of hydrogen-bond acceptors (Lipinski definition) is 4. The Morgan fingerprint density at radius 2 is 2.00 bits per heavy atom. The van der Waals surface area contributed by atoms with Crippen LogP contribution >= 0.6 is 0 Å². The zero-order valence-electron chi connectivity index (χ0n) is 12.4. The summed E-state index contributed by atoms with van der Waals surface area (Å²) in [6, 6.07) is 7.47. The zero-order valence-corrected chi connectivity index (χ0v) is 12.4. The maximum Gasteiger partial charge on any atom is 0.251 e. The molecule has 5 nitrogen and oxygen atoms in total. The van der Waals surface area contributed by atoms with Crippen LogP contribution in [0, 0.1) is 6.92 Å². The van der Waals surface area contributed by atoms with Crippen molar-refractivity contribution in [1.29, 1.82) is 0 Å². The number of aromatic nitrogens is 1. The minimum absolute atomic E-state index is 0.207. The number of nitrogen functional groups attached to an aromatic ring is 1. The van der Waals surface area contributed by atoms with Gasteiger partial charge in [0.05, 0.1) is 17.4 Å². The molecule has 0 saturated carbocycles. The highest BCUT2D eigenvalue weighted by molar-refractivity contribution is 5.98. The molecule has 0 radical (unpaired) electrons. The lowest BCUT2D eigenvalue weighted by molar-refractivity contribution is 0.100. The molecule has 0 aliphatic carbocycles. The Morgan fingerprint density at radius 1 is 1.29 bits per heavy atom. The van der Waals surface area contributed by atoms with Gasteiger partial charge in [0.25, 0.3) is 5.91 Å². The van der Waals surface area contributed by atoms with Gasteiger partial charge in [0.15, 0.2) is 0 Å². The van der Waals surface area contributed by atoms with Crippen LogP contribution in [0.15, 0.2) is 30.5 Å². The molecule has 110 valence electrons. The molecule has 2 rings (SSSR count). The quantitative estimate of drug-likeness (QED) is 0.903. The van der Waals surface area contributed by atoms with E-state index in [9.17, 15) is 4.79 Å². The zero-order chi connectivity index (χ0) is 15.6. The largest absolute Gasteiger partial charge is 0.439 e. The highest BCUT2D eigenvalue weighted by Gasteiger charge is 2.12. The first-order valence-corrected chi connectivity index (χ1v) is 6.72. The number of primary amides is 1. The molecule has 0 atom stereocenters. The molecule has 0 spiro atoms. The van der Waals surface area contributed by atoms with Crippen LogP contribution in [0.5, 0.6) is 11.6 Å². The summed E-state index contributed by atoms with van der Waals surface area (Å²) in [4.78, 5) is 15.4. The number of hydrogen-bond donors (Lipinski definition) is 2. The first-order chi connectivity index (χ1) is 9.88. The molecule has 1 aromatic carbocycles. The second kappa shape index (κ2) is 5.83. The topological polar surface area (TPSA) is 91.2 Å². The van der Waals surface area contributed by atoms with Gasteiger partial charge in [-0.25, -0.2) is 4.98 Å². The molecule has 0 fully saturated rings. The first-order valence-electron chi connectivity index (χ1n) is 6.72. The van der Waals surface area contributed by atoms with Crippen LogP contribution in [0.3, 0.4) is 0 Å². The third-order valence-corrected chi connectivity index (χ3v) is 3.18. The second-order valence-corrected chi connectivity index (χ2v) is 5.27. The molecule has 5 heteroatoms. The first kappa shape index (κ1) is 14.8. The maximum absolute atomic E-state index is 11.3. The Hall–Kier alpha value is -2.56. The van der Waals surface area contributed by atoms with E-state index in [0.717, 1.165) is 16.9 Å². The van der Waals surface area contributed by atoms with Crippen molar-refractivity contribution < 1.29 is 9.53 Å². The molecule has 0 aliphatic rings. The number of ether oxygens (including phenoxy) is 1. The molecule has 0 saturated heterocycles. The number of nitrogens with two attached hydrogens (primary N) is 2. The number of carbonyl (C=O) groups is 1. The van der Waals surface area contributed by atoms with E-state index in [0.29, 0.717) is 11.8 Å². The summed E-state index contributed by atoms with van der Waals surface area (Å²) in [5, 5.41) is 0. The number of pyridine rings is 1. The smallest absolute Gasteiger partial charge is 0.251 e. The molecule has 0 bridgehead atoms. The van der Waals surface area contributed by atoms with Crippen LogP contribution < -0.4 is 16.2 Å². The minimum Gasteiger partial charge on any atom is -0.439 e. The Morgan fingerprint density at radius 3 is 2.62 bits per heavy atom. The van der Waals surface area contributed by atoms with Crippen molar-refractivity contribution in [2.24, 2.45) is 5.73 Å². The Balaban J connectivity index is 2.40. The summed E-state index contributed by atoms with van der Waals surface area (Å²) in [5.41, 5.74) is 13.5. The second-order valence-electron chi connectivity index (χ2n) is 5.27. The van der Waals surface area contributed by atoms with Gasteiger partial charge in [-0.3, -0.25) is 4.79 Å². The number of anilines is 1. The maximum atomic E-state index is 11.3. The number of nitrogens with zero attached hydrogens (tertiary/aromatic N) is 1. The normalized spacial score (nSPS) is 10.7. The third kappa shape index (κ3) is 3.31. The predicted octanol–water partition coefficient (Wildman–Crippen LogP) is 2.99. The average molecular weight is 285 g/mol. The summed E-state index contributed by atoms with van der Waals surface area (Å²) in [7, 11) is 0. The van der Waals surface area contributed by atoms with Gasteiger partial charge < -0.3 is 16.2 Å². The van der Waals surface area contributed by atoms with Gasteiger partial charge in [-0.2, -0.15) is 0 Å². The molecule has 21 heavy (non-hydrogen) atoms. The van der Waals surface area contributed by atoms with Gasteiger partial charge in [-0.1, -0.05) is 26.0 Å². The van der Waals surface area contributed by atoms with Crippen molar-refractivity contribution in [3.05, 3.63) is 47.2 Å². The highest BCUT2D eigenvalue weighted by atomic mass is 16.5. The van der Waals surface area contributed by atoms with E-state index in [-0.39, 0.29) is 11.3 Å². The molecule has 4 N–H and O–H groups in total. The lowest BCUT2D eigenvalue weighted by atomic mass is 10.0. The minimum atomic E-state index is -0.604. The number of amides is 1. The van der Waals surface area contributed by atoms with Crippen molar-refractivity contribution in [2.45, 2.75) is 26.7 Å². The SMILES string of the molecule is Cc1ccc(C(C)C)c(Oc2cc(C(N)=O)c(N)cn2)c1. The summed E-state index contributed by atoms with van der Waals surface area (Å²) >= 11 is 0. The van der Waals surface area contributed by atoms with Crippen LogP contribution in [0.4, 0.5) is 5.69 Å². The molecule has 1 heterocycles. The van der Waals surface area contributed by atoms with Crippen molar-refractivity contribution in [1.82, 2.24) is 4.98 Å². The van der Waals surface area contributed by atoms with Gasteiger partial charge in [-0.05, 0) is 30.0 Å². The predicted molar refractivity (Wildman–Crippen MR) is 82.5 cm³/mol. The number of benzene rings is 1. The Kier molecular flexibility index (Phi) is 4.12. The van der Waals surface area contributed by atoms with Crippen LogP contribution in [-0.2, 0) is 0 Å². The lowest BCUT2D eigenvalue weighted by Gasteiger charge is -2.14. The standard InChI is InChI=1S/C16H19N3O2/c1-9(2)11-5-4-10(3)6-14(11)21-15-7-12(16(18)20)13(17)8-19-15/h4-9H,17H2,1-3H3,(H2,18,20). The molecule has 1 amide bonds. The van der Waals surface area contributed by atoms with Gasteiger partial charge in [0.1, 0.15) is 5.75 Å². The van der Waals surface area contributed by atoms with Crippen LogP contribution in [0.2, 0.25) is 0 Å². The molecule has 1 aromatic heterocycles. The van der Waals surface area contributed by atoms with E-state index in [4.69, 9.17) is 16.2 Å². The Labute approximate surface area is 123 Å². The van der Waals surface area contributed by atoms with E-state index in [1.165, 1.54) is 12.3 Å². The molecule has 2 aromatic rings. The number of aryl methyl sites for hydroxylation is 1. The van der Waals surface area contributed by atoms with Crippen molar-refractivity contribution >= 4 is 11.6 Å². The van der Waals surface area contributed by atoms with E-state index < -0.39 is 5.91 Å². The third-order valence-electron chi connectivity index (χ3n) is 3.18. The van der Waals surface area contributed by atoms with E-state index >= 15 is 0 Å². The monoisotopic (exact) mass is 285 g/mol.